The zero-order valence-corrected chi connectivity index (χ0v) is 23.5. The molecule has 6 rings (SSSR count). The summed E-state index contributed by atoms with van der Waals surface area (Å²) in [5.74, 6) is -1.24. The average Bonchev–Trinajstić information content (AvgIpc) is 3.45. The second-order valence-corrected chi connectivity index (χ2v) is 13.6. The van der Waals surface area contributed by atoms with E-state index in [2.05, 4.69) is 6.92 Å². The Bertz CT molecular complexity index is 1040. The lowest BCUT2D eigenvalue weighted by atomic mass is 9.42. The fourth-order valence-corrected chi connectivity index (χ4v) is 9.82. The van der Waals surface area contributed by atoms with E-state index in [9.17, 15) is 24.9 Å². The highest BCUT2D eigenvalue weighted by Gasteiger charge is 2.73. The molecule has 9 heteroatoms. The van der Waals surface area contributed by atoms with E-state index in [0.717, 1.165) is 37.7 Å². The first kappa shape index (κ1) is 27.8. The standard InChI is InChI=1S/C30H44O9/c1-15-25(32)21(36-4)13-23(38-15)39-18-7-9-28(2)17(12-18)5-6-20-24(28)26(33)27(34)29(3)19(8-10-30(20,29)35)16-11-22(31)37-14-16/h11,15,17-21,23-25,27,32,34-35H,5-10,12-14H2,1-4H3. The van der Waals surface area contributed by atoms with Gasteiger partial charge in [0, 0.05) is 30.9 Å². The lowest BCUT2D eigenvalue weighted by molar-refractivity contribution is -0.274. The largest absolute Gasteiger partial charge is 0.458 e. The summed E-state index contributed by atoms with van der Waals surface area (Å²) in [5, 5.41) is 34.3. The molecule has 6 aliphatic rings. The number of fused-ring (bicyclic) bond motifs is 5. The molecule has 9 nitrogen and oxygen atoms in total. The third kappa shape index (κ3) is 3.94. The van der Waals surface area contributed by atoms with Crippen molar-refractivity contribution in [2.45, 2.75) is 115 Å². The van der Waals surface area contributed by atoms with Gasteiger partial charge >= 0.3 is 5.97 Å². The van der Waals surface area contributed by atoms with Crippen LogP contribution < -0.4 is 0 Å². The highest BCUT2D eigenvalue weighted by atomic mass is 16.7. The minimum Gasteiger partial charge on any atom is -0.458 e. The van der Waals surface area contributed by atoms with Crippen LogP contribution in [0.2, 0.25) is 0 Å². The van der Waals surface area contributed by atoms with E-state index in [1.165, 1.54) is 6.08 Å². The number of methoxy groups -OCH3 is 1. The van der Waals surface area contributed by atoms with E-state index in [1.54, 1.807) is 7.11 Å². The van der Waals surface area contributed by atoms with Crippen LogP contribution in [0.4, 0.5) is 0 Å². The number of hydrogen-bond acceptors (Lipinski definition) is 9. The van der Waals surface area contributed by atoms with Crippen molar-refractivity contribution in [3.05, 3.63) is 11.6 Å². The van der Waals surface area contributed by atoms with Crippen LogP contribution in [-0.4, -0.2) is 83.2 Å². The summed E-state index contributed by atoms with van der Waals surface area (Å²) in [5.41, 5.74) is -1.80. The van der Waals surface area contributed by atoms with Gasteiger partial charge in [-0.25, -0.2) is 4.79 Å². The Balaban J connectivity index is 1.21. The maximum Gasteiger partial charge on any atom is 0.331 e. The fourth-order valence-electron chi connectivity index (χ4n) is 9.82. The molecule has 2 heterocycles. The Labute approximate surface area is 230 Å². The number of aliphatic hydroxyl groups is 3. The van der Waals surface area contributed by atoms with Crippen molar-refractivity contribution in [3.8, 4) is 0 Å². The van der Waals surface area contributed by atoms with Crippen molar-refractivity contribution in [3.63, 3.8) is 0 Å². The molecule has 3 N–H and O–H groups in total. The Kier molecular flexibility index (Phi) is 6.84. The molecule has 4 saturated carbocycles. The predicted molar refractivity (Wildman–Crippen MR) is 138 cm³/mol. The summed E-state index contributed by atoms with van der Waals surface area (Å²) in [6.07, 6.45) is 3.83. The third-order valence-corrected chi connectivity index (χ3v) is 12.1. The number of Topliss-reactive ketones (excluding diaryl/α,β-unsaturated/α-hetero) is 1. The van der Waals surface area contributed by atoms with Gasteiger partial charge in [-0.1, -0.05) is 13.8 Å². The number of rotatable bonds is 4. The fraction of sp³-hybridized carbons (Fsp3) is 0.867. The molecule has 0 amide bonds. The van der Waals surface area contributed by atoms with Crippen LogP contribution >= 0.6 is 0 Å². The second-order valence-electron chi connectivity index (χ2n) is 13.6. The van der Waals surface area contributed by atoms with Crippen LogP contribution in [0.15, 0.2) is 11.6 Å². The number of cyclic esters (lactones) is 1. The van der Waals surface area contributed by atoms with Crippen molar-refractivity contribution in [2.24, 2.45) is 34.5 Å². The van der Waals surface area contributed by atoms with E-state index >= 15 is 0 Å². The molecule has 5 fully saturated rings. The third-order valence-electron chi connectivity index (χ3n) is 12.1. The number of ether oxygens (including phenoxy) is 4. The molecule has 39 heavy (non-hydrogen) atoms. The summed E-state index contributed by atoms with van der Waals surface area (Å²) in [6.45, 7) is 6.02. The van der Waals surface area contributed by atoms with Crippen LogP contribution in [0.5, 0.6) is 0 Å². The monoisotopic (exact) mass is 548 g/mol. The molecule has 0 spiro atoms. The average molecular weight is 549 g/mol. The first-order chi connectivity index (χ1) is 18.4. The Morgan fingerprint density at radius 3 is 2.51 bits per heavy atom. The summed E-state index contributed by atoms with van der Waals surface area (Å²) < 4.78 is 22.9. The molecule has 13 atom stereocenters. The molecule has 0 aromatic rings. The van der Waals surface area contributed by atoms with Crippen molar-refractivity contribution >= 4 is 11.8 Å². The summed E-state index contributed by atoms with van der Waals surface area (Å²) in [7, 11) is 1.59. The summed E-state index contributed by atoms with van der Waals surface area (Å²) in [4.78, 5) is 25.9. The molecule has 0 radical (unpaired) electrons. The van der Waals surface area contributed by atoms with Gasteiger partial charge in [-0.15, -0.1) is 0 Å². The maximum atomic E-state index is 14.1. The molecule has 0 aromatic carbocycles. The molecule has 218 valence electrons. The smallest absolute Gasteiger partial charge is 0.331 e. The first-order valence-corrected chi connectivity index (χ1v) is 14.8. The highest BCUT2D eigenvalue weighted by molar-refractivity contribution is 5.90. The van der Waals surface area contributed by atoms with Crippen molar-refractivity contribution in [1.29, 1.82) is 0 Å². The van der Waals surface area contributed by atoms with Crippen LogP contribution in [0.25, 0.3) is 0 Å². The van der Waals surface area contributed by atoms with E-state index in [4.69, 9.17) is 18.9 Å². The summed E-state index contributed by atoms with van der Waals surface area (Å²) in [6, 6.07) is 0. The molecule has 0 aromatic heterocycles. The second kappa shape index (κ2) is 9.60. The molecule has 13 unspecified atom stereocenters. The van der Waals surface area contributed by atoms with Crippen molar-refractivity contribution < 1.29 is 43.9 Å². The molecule has 4 aliphatic carbocycles. The quantitative estimate of drug-likeness (QED) is 0.358. The minimum absolute atomic E-state index is 0.0238. The van der Waals surface area contributed by atoms with Gasteiger partial charge in [-0.3, -0.25) is 4.79 Å². The van der Waals surface area contributed by atoms with Gasteiger partial charge in [0.15, 0.2) is 12.1 Å². The van der Waals surface area contributed by atoms with E-state index in [-0.39, 0.29) is 53.9 Å². The molecular weight excluding hydrogens is 504 g/mol. The predicted octanol–water partition coefficient (Wildman–Crippen LogP) is 2.29. The number of esters is 1. The van der Waals surface area contributed by atoms with E-state index in [1.807, 2.05) is 13.8 Å². The van der Waals surface area contributed by atoms with Crippen molar-refractivity contribution in [2.75, 3.05) is 13.7 Å². The molecule has 1 saturated heterocycles. The molecule has 2 aliphatic heterocycles. The van der Waals surface area contributed by atoms with Gasteiger partial charge in [0.2, 0.25) is 0 Å². The topological polar surface area (TPSA) is 132 Å². The first-order valence-electron chi connectivity index (χ1n) is 14.8. The molecule has 0 bridgehead atoms. The van der Waals surface area contributed by atoms with E-state index in [0.29, 0.717) is 19.3 Å². The number of carbonyl (C=O) groups is 2. The normalized spacial score (nSPS) is 53.5. The minimum atomic E-state index is -1.30. The Morgan fingerprint density at radius 1 is 1.05 bits per heavy atom. The molecular formula is C30H44O9. The SMILES string of the molecule is COC1CC(OC2CCC3(C)C(CCC4C3C(=O)C(O)C3(C)C(C5=CC(=O)OC5)CCC43O)C2)OC(C)C1O. The summed E-state index contributed by atoms with van der Waals surface area (Å²) >= 11 is 0. The van der Waals surface area contributed by atoms with Gasteiger partial charge in [-0.05, 0) is 80.6 Å². The highest BCUT2D eigenvalue weighted by Crippen LogP contribution is 2.69. The van der Waals surface area contributed by atoms with Gasteiger partial charge in [0.05, 0.1) is 23.9 Å². The van der Waals surface area contributed by atoms with Crippen LogP contribution in [0.3, 0.4) is 0 Å². The number of hydrogen-bond donors (Lipinski definition) is 3. The Morgan fingerprint density at radius 2 is 1.82 bits per heavy atom. The van der Waals surface area contributed by atoms with Crippen molar-refractivity contribution in [1.82, 2.24) is 0 Å². The van der Waals surface area contributed by atoms with Crippen LogP contribution in [-0.2, 0) is 28.5 Å². The zero-order chi connectivity index (χ0) is 27.9. The van der Waals surface area contributed by atoms with Crippen LogP contribution in [0.1, 0.15) is 72.1 Å². The number of aliphatic hydroxyl groups excluding tert-OH is 2. The van der Waals surface area contributed by atoms with E-state index < -0.39 is 41.4 Å². The van der Waals surface area contributed by atoms with Gasteiger partial charge < -0.3 is 34.3 Å². The Hall–Kier alpha value is -1.36. The number of ketones is 1. The lowest BCUT2D eigenvalue weighted by Crippen LogP contribution is -2.70. The number of carbonyl (C=O) groups excluding carboxylic acids is 2. The van der Waals surface area contributed by atoms with Crippen LogP contribution in [0, 0.1) is 34.5 Å². The maximum absolute atomic E-state index is 14.1. The van der Waals surface area contributed by atoms with Gasteiger partial charge in [0.25, 0.3) is 0 Å². The lowest BCUT2D eigenvalue weighted by Gasteiger charge is -2.64. The van der Waals surface area contributed by atoms with Gasteiger partial charge in [0.1, 0.15) is 18.8 Å². The van der Waals surface area contributed by atoms with Gasteiger partial charge in [-0.2, -0.15) is 0 Å². The zero-order valence-electron chi connectivity index (χ0n) is 23.5.